The van der Waals surface area contributed by atoms with E-state index in [2.05, 4.69) is 24.0 Å². The van der Waals surface area contributed by atoms with Gasteiger partial charge in [0.25, 0.3) is 0 Å². The zero-order valence-corrected chi connectivity index (χ0v) is 16.6. The lowest BCUT2D eigenvalue weighted by Crippen LogP contribution is -2.56. The van der Waals surface area contributed by atoms with E-state index in [4.69, 9.17) is 4.52 Å². The first kappa shape index (κ1) is 17.6. The SMILES string of the molecule is Cc1noc(C2CCC3C4CCC5=CC(=O)CCC5(C)C4C(O)CC23C)n1. The number of aromatic nitrogens is 2. The van der Waals surface area contributed by atoms with Crippen LogP contribution < -0.4 is 0 Å². The first-order chi connectivity index (χ1) is 12.8. The maximum atomic E-state index is 12.0. The highest BCUT2D eigenvalue weighted by Crippen LogP contribution is 2.68. The van der Waals surface area contributed by atoms with E-state index >= 15 is 0 Å². The Morgan fingerprint density at radius 3 is 2.78 bits per heavy atom. The van der Waals surface area contributed by atoms with E-state index in [1.165, 1.54) is 12.0 Å². The second kappa shape index (κ2) is 5.76. The van der Waals surface area contributed by atoms with Gasteiger partial charge in [-0.1, -0.05) is 24.6 Å². The Kier molecular flexibility index (Phi) is 3.75. The first-order valence-corrected chi connectivity index (χ1v) is 10.5. The molecule has 0 bridgehead atoms. The number of aliphatic hydroxyl groups is 1. The van der Waals surface area contributed by atoms with Crippen LogP contribution in [0.4, 0.5) is 0 Å². The number of aryl methyl sites for hydroxylation is 1. The quantitative estimate of drug-likeness (QED) is 0.809. The summed E-state index contributed by atoms with van der Waals surface area (Å²) in [5.41, 5.74) is 1.29. The smallest absolute Gasteiger partial charge is 0.230 e. The molecule has 0 aliphatic heterocycles. The first-order valence-electron chi connectivity index (χ1n) is 10.5. The van der Waals surface area contributed by atoms with Crippen molar-refractivity contribution in [2.45, 2.75) is 77.7 Å². The van der Waals surface area contributed by atoms with Crippen molar-refractivity contribution in [1.82, 2.24) is 10.1 Å². The average Bonchev–Trinajstić information content (AvgIpc) is 3.17. The lowest BCUT2D eigenvalue weighted by molar-refractivity contribution is -0.130. The lowest BCUT2D eigenvalue weighted by atomic mass is 9.46. The summed E-state index contributed by atoms with van der Waals surface area (Å²) in [7, 11) is 0. The van der Waals surface area contributed by atoms with Gasteiger partial charge >= 0.3 is 0 Å². The van der Waals surface area contributed by atoms with E-state index in [0.29, 0.717) is 24.1 Å². The molecule has 0 aromatic carbocycles. The maximum absolute atomic E-state index is 12.0. The predicted molar refractivity (Wildman–Crippen MR) is 99.9 cm³/mol. The molecule has 7 atom stereocenters. The molecule has 4 aliphatic rings. The van der Waals surface area contributed by atoms with Crippen molar-refractivity contribution in [2.75, 3.05) is 0 Å². The minimum absolute atomic E-state index is 0.0155. The van der Waals surface area contributed by atoms with E-state index in [1.54, 1.807) is 0 Å². The third kappa shape index (κ3) is 2.36. The fraction of sp³-hybridized carbons (Fsp3) is 0.773. The van der Waals surface area contributed by atoms with Crippen LogP contribution in [0.1, 0.15) is 76.4 Å². The number of ketones is 1. The van der Waals surface area contributed by atoms with Crippen LogP contribution in [-0.2, 0) is 4.79 Å². The van der Waals surface area contributed by atoms with Crippen LogP contribution in [0.2, 0.25) is 0 Å². The summed E-state index contributed by atoms with van der Waals surface area (Å²) in [5, 5.41) is 15.4. The molecule has 1 heterocycles. The van der Waals surface area contributed by atoms with Crippen LogP contribution >= 0.6 is 0 Å². The fourth-order valence-corrected chi connectivity index (χ4v) is 7.55. The van der Waals surface area contributed by atoms with Gasteiger partial charge in [0.2, 0.25) is 5.89 Å². The normalized spacial score (nSPS) is 46.4. The van der Waals surface area contributed by atoms with Crippen LogP contribution in [0.25, 0.3) is 0 Å². The molecule has 0 spiro atoms. The van der Waals surface area contributed by atoms with Gasteiger partial charge in [0.15, 0.2) is 11.6 Å². The second-order valence-corrected chi connectivity index (χ2v) is 9.98. The summed E-state index contributed by atoms with van der Waals surface area (Å²) < 4.78 is 5.56. The molecule has 1 aromatic rings. The van der Waals surface area contributed by atoms with Gasteiger partial charge in [0, 0.05) is 12.3 Å². The molecule has 7 unspecified atom stereocenters. The molecule has 0 saturated heterocycles. The van der Waals surface area contributed by atoms with Gasteiger partial charge in [0.05, 0.1) is 6.10 Å². The van der Waals surface area contributed by atoms with Crippen LogP contribution in [-0.4, -0.2) is 27.1 Å². The van der Waals surface area contributed by atoms with Crippen molar-refractivity contribution in [3.8, 4) is 0 Å². The highest BCUT2D eigenvalue weighted by Gasteiger charge is 2.62. The number of carbonyl (C=O) groups excluding carboxylic acids is 1. The third-order valence-electron chi connectivity index (χ3n) is 8.73. The van der Waals surface area contributed by atoms with Crippen LogP contribution in [0, 0.1) is 35.5 Å². The van der Waals surface area contributed by atoms with Crippen molar-refractivity contribution in [3.05, 3.63) is 23.4 Å². The van der Waals surface area contributed by atoms with Crippen LogP contribution in [0.3, 0.4) is 0 Å². The fourth-order valence-electron chi connectivity index (χ4n) is 7.55. The van der Waals surface area contributed by atoms with Crippen molar-refractivity contribution in [1.29, 1.82) is 0 Å². The van der Waals surface area contributed by atoms with E-state index in [-0.39, 0.29) is 34.6 Å². The highest BCUT2D eigenvalue weighted by atomic mass is 16.5. The molecule has 1 aromatic heterocycles. The molecular formula is C22H30N2O3. The van der Waals surface area contributed by atoms with E-state index in [0.717, 1.165) is 38.0 Å². The summed E-state index contributed by atoms with van der Waals surface area (Å²) in [6.45, 7) is 6.52. The second-order valence-electron chi connectivity index (χ2n) is 9.98. The summed E-state index contributed by atoms with van der Waals surface area (Å²) in [6, 6.07) is 0. The molecule has 5 rings (SSSR count). The van der Waals surface area contributed by atoms with Gasteiger partial charge in [-0.25, -0.2) is 0 Å². The van der Waals surface area contributed by atoms with Gasteiger partial charge in [-0.2, -0.15) is 4.98 Å². The predicted octanol–water partition coefficient (Wildman–Crippen LogP) is 3.96. The Labute approximate surface area is 160 Å². The molecule has 1 N–H and O–H groups in total. The van der Waals surface area contributed by atoms with Gasteiger partial charge in [-0.3, -0.25) is 4.79 Å². The Hall–Kier alpha value is -1.49. The van der Waals surface area contributed by atoms with Crippen LogP contribution in [0.15, 0.2) is 16.2 Å². The number of aliphatic hydroxyl groups excluding tert-OH is 1. The van der Waals surface area contributed by atoms with Crippen molar-refractivity contribution < 1.29 is 14.4 Å². The topological polar surface area (TPSA) is 76.2 Å². The summed E-state index contributed by atoms with van der Waals surface area (Å²) >= 11 is 0. The van der Waals surface area contributed by atoms with Gasteiger partial charge in [-0.05, 0) is 80.1 Å². The zero-order chi connectivity index (χ0) is 19.0. The standard InChI is InChI=1S/C22H30N2O3/c1-12-23-20(27-24-12)17-7-6-16-15-5-4-13-10-14(25)8-9-21(13,2)19(15)18(26)11-22(16,17)3/h10,15-19,26H,4-9,11H2,1-3H3. The summed E-state index contributed by atoms with van der Waals surface area (Å²) in [5.74, 6) is 3.34. The molecule has 146 valence electrons. The molecule has 4 aliphatic carbocycles. The highest BCUT2D eigenvalue weighted by molar-refractivity contribution is 5.91. The number of rotatable bonds is 1. The minimum atomic E-state index is -0.331. The molecular weight excluding hydrogens is 340 g/mol. The molecule has 27 heavy (non-hydrogen) atoms. The lowest BCUT2D eigenvalue weighted by Gasteiger charge is -2.59. The molecule has 3 fully saturated rings. The Balaban J connectivity index is 1.51. The minimum Gasteiger partial charge on any atom is -0.393 e. The number of allylic oxidation sites excluding steroid dienone is 1. The van der Waals surface area contributed by atoms with E-state index in [1.807, 2.05) is 13.0 Å². The Bertz CT molecular complexity index is 814. The largest absolute Gasteiger partial charge is 0.393 e. The van der Waals surface area contributed by atoms with Crippen molar-refractivity contribution in [3.63, 3.8) is 0 Å². The number of nitrogens with zero attached hydrogens (tertiary/aromatic N) is 2. The molecule has 5 nitrogen and oxygen atoms in total. The Morgan fingerprint density at radius 2 is 2.04 bits per heavy atom. The number of hydrogen-bond acceptors (Lipinski definition) is 5. The van der Waals surface area contributed by atoms with Gasteiger partial charge in [-0.15, -0.1) is 0 Å². The average molecular weight is 370 g/mol. The molecule has 3 saturated carbocycles. The number of carbonyl (C=O) groups is 1. The molecule has 0 radical (unpaired) electrons. The number of hydrogen-bond donors (Lipinski definition) is 1. The van der Waals surface area contributed by atoms with Crippen LogP contribution in [0.5, 0.6) is 0 Å². The van der Waals surface area contributed by atoms with Gasteiger partial charge in [0.1, 0.15) is 0 Å². The number of fused-ring (bicyclic) bond motifs is 5. The maximum Gasteiger partial charge on any atom is 0.230 e. The molecule has 0 amide bonds. The van der Waals surface area contributed by atoms with Crippen molar-refractivity contribution in [2.24, 2.45) is 28.6 Å². The summed E-state index contributed by atoms with van der Waals surface area (Å²) in [6.07, 6.45) is 8.22. The summed E-state index contributed by atoms with van der Waals surface area (Å²) in [4.78, 5) is 16.5. The van der Waals surface area contributed by atoms with Crippen molar-refractivity contribution >= 4 is 5.78 Å². The van der Waals surface area contributed by atoms with Gasteiger partial charge < -0.3 is 9.63 Å². The third-order valence-corrected chi connectivity index (χ3v) is 8.73. The zero-order valence-electron chi connectivity index (χ0n) is 16.6. The van der Waals surface area contributed by atoms with E-state index < -0.39 is 0 Å². The monoisotopic (exact) mass is 370 g/mol. The van der Waals surface area contributed by atoms with E-state index in [9.17, 15) is 9.90 Å². The Morgan fingerprint density at radius 1 is 1.22 bits per heavy atom. The molecule has 5 heteroatoms.